The van der Waals surface area contributed by atoms with Crippen molar-refractivity contribution >= 4 is 5.91 Å². The number of ether oxygens (including phenoxy) is 2. The number of piperidine rings is 1. The Labute approximate surface area is 143 Å². The highest BCUT2D eigenvalue weighted by atomic mass is 16.5. The van der Waals surface area contributed by atoms with E-state index in [4.69, 9.17) is 13.9 Å². The number of nitrogens with zero attached hydrogens (tertiary/aromatic N) is 1. The lowest BCUT2D eigenvalue weighted by Crippen LogP contribution is -2.57. The average molecular weight is 336 g/mol. The van der Waals surface area contributed by atoms with Gasteiger partial charge in [-0.1, -0.05) is 0 Å². The molecule has 0 aromatic carbocycles. The third-order valence-electron chi connectivity index (χ3n) is 5.41. The van der Waals surface area contributed by atoms with Gasteiger partial charge in [-0.2, -0.15) is 0 Å². The number of hydrogen-bond donors (Lipinski definition) is 1. The molecule has 1 spiro atoms. The SMILES string of the molecule is COCC(=O)NC1COCCC12CCN(Cc1ccc(C)o1)CC2. The highest BCUT2D eigenvalue weighted by Crippen LogP contribution is 2.41. The first-order valence-corrected chi connectivity index (χ1v) is 8.75. The lowest BCUT2D eigenvalue weighted by molar-refractivity contribution is -0.130. The van der Waals surface area contributed by atoms with E-state index in [1.165, 1.54) is 0 Å². The summed E-state index contributed by atoms with van der Waals surface area (Å²) >= 11 is 0. The number of amides is 1. The van der Waals surface area contributed by atoms with Gasteiger partial charge in [0.2, 0.25) is 5.91 Å². The van der Waals surface area contributed by atoms with Crippen molar-refractivity contribution in [3.05, 3.63) is 23.7 Å². The van der Waals surface area contributed by atoms with E-state index in [0.29, 0.717) is 6.61 Å². The van der Waals surface area contributed by atoms with E-state index < -0.39 is 0 Å². The van der Waals surface area contributed by atoms with Crippen LogP contribution >= 0.6 is 0 Å². The molecule has 1 N–H and O–H groups in total. The number of likely N-dealkylation sites (tertiary alicyclic amines) is 1. The maximum atomic E-state index is 11.9. The van der Waals surface area contributed by atoms with Gasteiger partial charge >= 0.3 is 0 Å². The molecule has 24 heavy (non-hydrogen) atoms. The summed E-state index contributed by atoms with van der Waals surface area (Å²) in [4.78, 5) is 14.4. The summed E-state index contributed by atoms with van der Waals surface area (Å²) in [5, 5.41) is 3.12. The zero-order valence-electron chi connectivity index (χ0n) is 14.7. The zero-order chi connectivity index (χ0) is 17.0. The summed E-state index contributed by atoms with van der Waals surface area (Å²) in [5.41, 5.74) is 0.150. The van der Waals surface area contributed by atoms with Gasteiger partial charge in [0.25, 0.3) is 0 Å². The number of nitrogens with one attached hydrogen (secondary N) is 1. The Morgan fingerprint density at radius 2 is 2.17 bits per heavy atom. The molecule has 1 aromatic heterocycles. The van der Waals surface area contributed by atoms with Crippen molar-refractivity contribution in [2.75, 3.05) is 40.0 Å². The third kappa shape index (κ3) is 3.99. The molecule has 134 valence electrons. The van der Waals surface area contributed by atoms with Crippen molar-refractivity contribution in [2.24, 2.45) is 5.41 Å². The van der Waals surface area contributed by atoms with Crippen molar-refractivity contribution in [2.45, 2.75) is 38.8 Å². The van der Waals surface area contributed by atoms with E-state index in [2.05, 4.69) is 16.3 Å². The number of rotatable bonds is 5. The highest BCUT2D eigenvalue weighted by molar-refractivity contribution is 5.77. The van der Waals surface area contributed by atoms with Crippen LogP contribution in [-0.2, 0) is 20.8 Å². The van der Waals surface area contributed by atoms with Gasteiger partial charge < -0.3 is 19.2 Å². The molecule has 2 aliphatic rings. The van der Waals surface area contributed by atoms with Crippen LogP contribution in [0.2, 0.25) is 0 Å². The van der Waals surface area contributed by atoms with Gasteiger partial charge in [0, 0.05) is 13.7 Å². The summed E-state index contributed by atoms with van der Waals surface area (Å²) < 4.78 is 16.3. The summed E-state index contributed by atoms with van der Waals surface area (Å²) in [7, 11) is 1.54. The van der Waals surface area contributed by atoms with E-state index in [1.807, 2.05) is 13.0 Å². The molecule has 0 aliphatic carbocycles. The Hall–Kier alpha value is -1.37. The van der Waals surface area contributed by atoms with Crippen LogP contribution in [-0.4, -0.2) is 56.9 Å². The molecule has 0 saturated carbocycles. The molecule has 1 unspecified atom stereocenters. The monoisotopic (exact) mass is 336 g/mol. The second-order valence-electron chi connectivity index (χ2n) is 7.03. The Morgan fingerprint density at radius 3 is 2.83 bits per heavy atom. The molecule has 3 heterocycles. The molecule has 0 radical (unpaired) electrons. The lowest BCUT2D eigenvalue weighted by Gasteiger charge is -2.49. The quantitative estimate of drug-likeness (QED) is 0.887. The fraction of sp³-hybridized carbons (Fsp3) is 0.722. The fourth-order valence-corrected chi connectivity index (χ4v) is 3.93. The van der Waals surface area contributed by atoms with E-state index in [1.54, 1.807) is 7.11 Å². The Kier molecular flexibility index (Phi) is 5.58. The van der Waals surface area contributed by atoms with E-state index in [-0.39, 0.29) is 24.0 Å². The average Bonchev–Trinajstić information content (AvgIpc) is 2.97. The van der Waals surface area contributed by atoms with Crippen LogP contribution in [0, 0.1) is 12.3 Å². The Bertz CT molecular complexity index is 549. The summed E-state index contributed by atoms with van der Waals surface area (Å²) in [6.07, 6.45) is 3.17. The fourth-order valence-electron chi connectivity index (χ4n) is 3.93. The topological polar surface area (TPSA) is 63.9 Å². The van der Waals surface area contributed by atoms with Gasteiger partial charge in [0.15, 0.2) is 0 Å². The molecule has 2 saturated heterocycles. The largest absolute Gasteiger partial charge is 0.465 e. The number of aryl methyl sites for hydroxylation is 1. The van der Waals surface area contributed by atoms with E-state index in [9.17, 15) is 4.79 Å². The first-order valence-electron chi connectivity index (χ1n) is 8.75. The van der Waals surface area contributed by atoms with Gasteiger partial charge in [0.05, 0.1) is 19.2 Å². The van der Waals surface area contributed by atoms with Crippen molar-refractivity contribution in [1.29, 1.82) is 0 Å². The standard InChI is InChI=1S/C18H28N2O4/c1-14-3-4-15(24-14)11-20-8-5-18(6-9-20)7-10-23-12-16(18)19-17(21)13-22-2/h3-4,16H,5-13H2,1-2H3,(H,19,21). The van der Waals surface area contributed by atoms with Crippen molar-refractivity contribution in [3.63, 3.8) is 0 Å². The Morgan fingerprint density at radius 1 is 1.38 bits per heavy atom. The highest BCUT2D eigenvalue weighted by Gasteiger charge is 2.44. The van der Waals surface area contributed by atoms with Gasteiger partial charge in [-0.25, -0.2) is 0 Å². The molecule has 1 amide bonds. The number of hydrogen-bond acceptors (Lipinski definition) is 5. The molecule has 2 fully saturated rings. The van der Waals surface area contributed by atoms with E-state index >= 15 is 0 Å². The van der Waals surface area contributed by atoms with Crippen LogP contribution < -0.4 is 5.32 Å². The molecule has 6 nitrogen and oxygen atoms in total. The molecule has 6 heteroatoms. The Balaban J connectivity index is 1.58. The van der Waals surface area contributed by atoms with Gasteiger partial charge in [-0.3, -0.25) is 9.69 Å². The molecule has 1 atom stereocenters. The number of furan rings is 1. The zero-order valence-corrected chi connectivity index (χ0v) is 14.7. The van der Waals surface area contributed by atoms with Crippen LogP contribution in [0.5, 0.6) is 0 Å². The van der Waals surface area contributed by atoms with Crippen LogP contribution in [0.15, 0.2) is 16.5 Å². The van der Waals surface area contributed by atoms with Gasteiger partial charge in [-0.05, 0) is 56.8 Å². The lowest BCUT2D eigenvalue weighted by atomic mass is 9.69. The maximum Gasteiger partial charge on any atom is 0.246 e. The molecule has 2 aliphatic heterocycles. The minimum Gasteiger partial charge on any atom is -0.465 e. The molecule has 3 rings (SSSR count). The van der Waals surface area contributed by atoms with Gasteiger partial charge in [0.1, 0.15) is 18.1 Å². The second kappa shape index (κ2) is 7.68. The van der Waals surface area contributed by atoms with Crippen molar-refractivity contribution < 1.29 is 18.7 Å². The summed E-state index contributed by atoms with van der Waals surface area (Å²) in [6, 6.07) is 4.16. The number of carbonyl (C=O) groups excluding carboxylic acids is 1. The smallest absolute Gasteiger partial charge is 0.246 e. The first kappa shape index (κ1) is 17.5. The van der Waals surface area contributed by atoms with Crippen LogP contribution in [0.1, 0.15) is 30.8 Å². The predicted octanol–water partition coefficient (Wildman–Crippen LogP) is 1.72. The summed E-state index contributed by atoms with van der Waals surface area (Å²) in [5.74, 6) is 1.94. The van der Waals surface area contributed by atoms with Gasteiger partial charge in [-0.15, -0.1) is 0 Å². The first-order chi connectivity index (χ1) is 11.6. The molecular weight excluding hydrogens is 308 g/mol. The van der Waals surface area contributed by atoms with Crippen molar-refractivity contribution in [1.82, 2.24) is 10.2 Å². The minimum atomic E-state index is -0.0548. The molecule has 1 aromatic rings. The summed E-state index contributed by atoms with van der Waals surface area (Å²) in [6.45, 7) is 6.38. The van der Waals surface area contributed by atoms with Crippen LogP contribution in [0.3, 0.4) is 0 Å². The number of carbonyl (C=O) groups is 1. The number of methoxy groups -OCH3 is 1. The molecular formula is C18H28N2O4. The normalized spacial score (nSPS) is 24.2. The van der Waals surface area contributed by atoms with Crippen LogP contribution in [0.25, 0.3) is 0 Å². The second-order valence-corrected chi connectivity index (χ2v) is 7.03. The minimum absolute atomic E-state index is 0.0548. The van der Waals surface area contributed by atoms with Crippen molar-refractivity contribution in [3.8, 4) is 0 Å². The predicted molar refractivity (Wildman–Crippen MR) is 89.6 cm³/mol. The third-order valence-corrected chi connectivity index (χ3v) is 5.41. The van der Waals surface area contributed by atoms with Crippen LogP contribution in [0.4, 0.5) is 0 Å². The van der Waals surface area contributed by atoms with E-state index in [0.717, 1.165) is 57.0 Å². The maximum absolute atomic E-state index is 11.9. The molecule has 0 bridgehead atoms.